The predicted octanol–water partition coefficient (Wildman–Crippen LogP) is 7.71. The van der Waals surface area contributed by atoms with Gasteiger partial charge >= 0.3 is 0 Å². The summed E-state index contributed by atoms with van der Waals surface area (Å²) in [5, 5.41) is 0. The van der Waals surface area contributed by atoms with Gasteiger partial charge in [-0.15, -0.1) is 0 Å². The molecule has 0 spiro atoms. The topological polar surface area (TPSA) is 6.48 Å². The highest BCUT2D eigenvalue weighted by Gasteiger charge is 2.61. The first-order valence-corrected chi connectivity index (χ1v) is 15.2. The lowest BCUT2D eigenvalue weighted by Crippen LogP contribution is -2.60. The SMILES string of the molecule is CC12CCCCC1(C)N1c3cc(N(c4ccccc4)c4ccccc4)cc4c3B(c3ccccc3-4)c3cccc2c31. The van der Waals surface area contributed by atoms with Gasteiger partial charge in [0.15, 0.2) is 0 Å². The van der Waals surface area contributed by atoms with Crippen molar-refractivity contribution in [2.45, 2.75) is 50.5 Å². The Morgan fingerprint density at radius 2 is 1.29 bits per heavy atom. The molecule has 3 heterocycles. The Labute approximate surface area is 243 Å². The standard InChI is InChI=1S/C38H33BN2/c1-37-22-11-12-23-38(37,2)41-34-25-28(40(26-14-5-3-6-15-26)27-16-7-4-8-17-27)24-30-29-18-9-10-20-32(29)39(35(30)34)33-21-13-19-31(37)36(33)41/h3-10,13-21,24-25H,11-12,22-23H2,1-2H3. The highest BCUT2D eigenvalue weighted by atomic mass is 15.3. The van der Waals surface area contributed by atoms with Gasteiger partial charge in [0.2, 0.25) is 6.71 Å². The molecule has 0 amide bonds. The van der Waals surface area contributed by atoms with E-state index in [1.54, 1.807) is 5.56 Å². The minimum Gasteiger partial charge on any atom is -0.335 e. The van der Waals surface area contributed by atoms with Crippen LogP contribution in [-0.2, 0) is 5.41 Å². The molecule has 1 fully saturated rings. The maximum Gasteiger partial charge on any atom is 0.248 e. The number of nitrogens with zero attached hydrogens (tertiary/aromatic N) is 2. The van der Waals surface area contributed by atoms with Crippen molar-refractivity contribution >= 4 is 51.5 Å². The summed E-state index contributed by atoms with van der Waals surface area (Å²) < 4.78 is 0. The number of hydrogen-bond acceptors (Lipinski definition) is 2. The molecule has 0 radical (unpaired) electrons. The summed E-state index contributed by atoms with van der Waals surface area (Å²) in [7, 11) is 0. The van der Waals surface area contributed by atoms with Crippen LogP contribution in [0.15, 0.2) is 115 Å². The van der Waals surface area contributed by atoms with Crippen molar-refractivity contribution in [2.24, 2.45) is 0 Å². The van der Waals surface area contributed by atoms with Gasteiger partial charge in [0.05, 0.1) is 5.54 Å². The van der Waals surface area contributed by atoms with Crippen LogP contribution < -0.4 is 26.2 Å². The van der Waals surface area contributed by atoms with E-state index in [4.69, 9.17) is 0 Å². The van der Waals surface area contributed by atoms with Crippen LogP contribution in [0, 0.1) is 0 Å². The van der Waals surface area contributed by atoms with Gasteiger partial charge in [0.25, 0.3) is 0 Å². The van der Waals surface area contributed by atoms with Gasteiger partial charge in [-0.05, 0) is 83.8 Å². The fourth-order valence-electron chi connectivity index (χ4n) is 8.94. The molecule has 1 saturated carbocycles. The molecule has 3 aliphatic heterocycles. The fourth-order valence-corrected chi connectivity index (χ4v) is 8.94. The normalized spacial score (nSPS) is 22.6. The Kier molecular flexibility index (Phi) is 4.67. The zero-order valence-electron chi connectivity index (χ0n) is 23.8. The lowest BCUT2D eigenvalue weighted by Gasteiger charge is -2.51. The summed E-state index contributed by atoms with van der Waals surface area (Å²) in [4.78, 5) is 5.25. The third kappa shape index (κ3) is 2.89. The van der Waals surface area contributed by atoms with Crippen molar-refractivity contribution in [1.29, 1.82) is 0 Å². The van der Waals surface area contributed by atoms with Crippen LogP contribution >= 0.6 is 0 Å². The fraction of sp³-hybridized carbons (Fsp3) is 0.211. The molecule has 0 N–H and O–H groups in total. The number of hydrogen-bond donors (Lipinski definition) is 0. The first kappa shape index (κ1) is 23.5. The van der Waals surface area contributed by atoms with Crippen molar-refractivity contribution in [1.82, 2.24) is 0 Å². The van der Waals surface area contributed by atoms with E-state index in [-0.39, 0.29) is 17.7 Å². The first-order chi connectivity index (χ1) is 20.1. The number of para-hydroxylation sites is 3. The van der Waals surface area contributed by atoms with E-state index in [0.717, 1.165) is 0 Å². The lowest BCUT2D eigenvalue weighted by atomic mass is 9.37. The minimum atomic E-state index is 0.0418. The van der Waals surface area contributed by atoms with Crippen molar-refractivity contribution < 1.29 is 0 Å². The lowest BCUT2D eigenvalue weighted by molar-refractivity contribution is 0.195. The van der Waals surface area contributed by atoms with Crippen molar-refractivity contribution in [3.8, 4) is 11.1 Å². The Bertz CT molecular complexity index is 1810. The van der Waals surface area contributed by atoms with E-state index in [2.05, 4.69) is 139 Å². The zero-order valence-corrected chi connectivity index (χ0v) is 23.8. The average molecular weight is 529 g/mol. The molecule has 0 bridgehead atoms. The van der Waals surface area contributed by atoms with E-state index in [1.807, 2.05) is 0 Å². The second kappa shape index (κ2) is 8.16. The van der Waals surface area contributed by atoms with Crippen molar-refractivity contribution in [3.63, 3.8) is 0 Å². The first-order valence-electron chi connectivity index (χ1n) is 15.2. The van der Waals surface area contributed by atoms with Crippen LogP contribution in [0.25, 0.3) is 11.1 Å². The van der Waals surface area contributed by atoms with Crippen LogP contribution in [0.1, 0.15) is 45.1 Å². The van der Waals surface area contributed by atoms with Crippen LogP contribution in [0.4, 0.5) is 28.4 Å². The Balaban J connectivity index is 1.38. The van der Waals surface area contributed by atoms with E-state index in [9.17, 15) is 0 Å². The third-order valence-electron chi connectivity index (χ3n) is 11.0. The molecule has 5 aromatic rings. The molecule has 2 atom stereocenters. The van der Waals surface area contributed by atoms with Gasteiger partial charge in [0.1, 0.15) is 0 Å². The highest BCUT2D eigenvalue weighted by Crippen LogP contribution is 2.61. The predicted molar refractivity (Wildman–Crippen MR) is 174 cm³/mol. The van der Waals surface area contributed by atoms with E-state index >= 15 is 0 Å². The maximum absolute atomic E-state index is 2.82. The summed E-state index contributed by atoms with van der Waals surface area (Å²) in [6.45, 7) is 5.40. The molecule has 9 rings (SSSR count). The molecule has 2 unspecified atom stereocenters. The minimum absolute atomic E-state index is 0.0418. The van der Waals surface area contributed by atoms with E-state index in [0.29, 0.717) is 0 Å². The van der Waals surface area contributed by atoms with Gasteiger partial charge in [-0.25, -0.2) is 0 Å². The van der Waals surface area contributed by atoms with Gasteiger partial charge < -0.3 is 9.80 Å². The molecular formula is C38H33BN2. The van der Waals surface area contributed by atoms with E-state index in [1.165, 1.54) is 81.6 Å². The largest absolute Gasteiger partial charge is 0.335 e. The van der Waals surface area contributed by atoms with E-state index < -0.39 is 0 Å². The maximum atomic E-state index is 2.82. The number of fused-ring (bicyclic) bond motifs is 8. The second-order valence-corrected chi connectivity index (χ2v) is 12.8. The quantitative estimate of drug-likeness (QED) is 0.217. The van der Waals surface area contributed by atoms with Crippen molar-refractivity contribution in [3.05, 3.63) is 121 Å². The van der Waals surface area contributed by atoms with Gasteiger partial charge in [-0.2, -0.15) is 0 Å². The molecule has 3 heteroatoms. The van der Waals surface area contributed by atoms with Crippen LogP contribution in [0.3, 0.4) is 0 Å². The third-order valence-corrected chi connectivity index (χ3v) is 11.0. The molecule has 4 aliphatic rings. The Hall–Kier alpha value is -4.24. The molecule has 0 saturated heterocycles. The molecule has 2 nitrogen and oxygen atoms in total. The number of benzene rings is 5. The zero-order chi connectivity index (χ0) is 27.3. The van der Waals surface area contributed by atoms with Crippen LogP contribution in [-0.4, -0.2) is 12.3 Å². The Morgan fingerprint density at radius 1 is 0.634 bits per heavy atom. The molecular weight excluding hydrogens is 495 g/mol. The second-order valence-electron chi connectivity index (χ2n) is 12.8. The van der Waals surface area contributed by atoms with Gasteiger partial charge in [-0.3, -0.25) is 0 Å². The smallest absolute Gasteiger partial charge is 0.248 e. The highest BCUT2D eigenvalue weighted by molar-refractivity contribution is 7.01. The van der Waals surface area contributed by atoms with Gasteiger partial charge in [-0.1, -0.05) is 104 Å². The molecule has 41 heavy (non-hydrogen) atoms. The number of rotatable bonds is 3. The number of anilines is 5. The summed E-state index contributed by atoms with van der Waals surface area (Å²) in [6.07, 6.45) is 5.07. The van der Waals surface area contributed by atoms with Crippen LogP contribution in [0.5, 0.6) is 0 Å². The molecule has 0 aromatic heterocycles. The Morgan fingerprint density at radius 3 is 2.05 bits per heavy atom. The summed E-state index contributed by atoms with van der Waals surface area (Å²) >= 11 is 0. The van der Waals surface area contributed by atoms with Crippen molar-refractivity contribution in [2.75, 3.05) is 9.80 Å². The van der Waals surface area contributed by atoms with Crippen LogP contribution in [0.2, 0.25) is 0 Å². The monoisotopic (exact) mass is 528 g/mol. The molecule has 5 aromatic carbocycles. The van der Waals surface area contributed by atoms with Gasteiger partial charge in [0, 0.05) is 33.9 Å². The summed E-state index contributed by atoms with van der Waals surface area (Å²) in [5.41, 5.74) is 15.4. The molecule has 198 valence electrons. The summed E-state index contributed by atoms with van der Waals surface area (Å²) in [5.74, 6) is 0. The summed E-state index contributed by atoms with van der Waals surface area (Å²) in [6, 6.07) is 43.0. The molecule has 1 aliphatic carbocycles. The average Bonchev–Trinajstić information content (AvgIpc) is 3.45.